The van der Waals surface area contributed by atoms with E-state index in [1.807, 2.05) is 6.92 Å². The molecule has 122 valence electrons. The van der Waals surface area contributed by atoms with Gasteiger partial charge in [0.1, 0.15) is 6.10 Å². The molecule has 21 heavy (non-hydrogen) atoms. The first-order chi connectivity index (χ1) is 9.79. The monoisotopic (exact) mass is 296 g/mol. The van der Waals surface area contributed by atoms with Crippen molar-refractivity contribution < 1.29 is 9.53 Å². The topological polar surface area (TPSA) is 64.3 Å². The number of alkyl carbamates (subject to hydrolysis) is 1. The highest BCUT2D eigenvalue weighted by molar-refractivity contribution is 5.68. The number of hydrogen-bond donors (Lipinski definition) is 2. The van der Waals surface area contributed by atoms with E-state index in [0.29, 0.717) is 17.8 Å². The molecular weight excluding hydrogens is 264 g/mol. The number of nitrogens with one attached hydrogen (secondary N) is 1. The van der Waals surface area contributed by atoms with Crippen LogP contribution in [0.2, 0.25) is 0 Å². The average molecular weight is 296 g/mol. The molecule has 0 spiro atoms. The van der Waals surface area contributed by atoms with Crippen molar-refractivity contribution in [1.29, 1.82) is 0 Å². The van der Waals surface area contributed by atoms with Gasteiger partial charge in [0, 0.05) is 11.6 Å². The molecule has 0 aliphatic heterocycles. The van der Waals surface area contributed by atoms with Crippen molar-refractivity contribution in [3.8, 4) is 0 Å². The van der Waals surface area contributed by atoms with Crippen molar-refractivity contribution in [1.82, 2.24) is 5.32 Å². The minimum atomic E-state index is -0.295. The predicted octanol–water partition coefficient (Wildman–Crippen LogP) is 3.44. The van der Waals surface area contributed by atoms with Gasteiger partial charge in [-0.2, -0.15) is 0 Å². The highest BCUT2D eigenvalue weighted by Gasteiger charge is 2.38. The molecule has 2 saturated carbocycles. The van der Waals surface area contributed by atoms with Gasteiger partial charge in [0.05, 0.1) is 0 Å². The van der Waals surface area contributed by atoms with Crippen molar-refractivity contribution in [2.24, 2.45) is 23.5 Å². The van der Waals surface area contributed by atoms with Gasteiger partial charge in [0.15, 0.2) is 0 Å². The van der Waals surface area contributed by atoms with Gasteiger partial charge in [-0.15, -0.1) is 0 Å². The third kappa shape index (κ3) is 4.12. The lowest BCUT2D eigenvalue weighted by molar-refractivity contribution is 0.00424. The molecule has 0 saturated heterocycles. The summed E-state index contributed by atoms with van der Waals surface area (Å²) in [6.45, 7) is 8.72. The summed E-state index contributed by atoms with van der Waals surface area (Å²) in [7, 11) is 0. The van der Waals surface area contributed by atoms with E-state index in [9.17, 15) is 4.79 Å². The van der Waals surface area contributed by atoms with Crippen LogP contribution < -0.4 is 11.1 Å². The fraction of sp³-hybridized carbons (Fsp3) is 0.941. The van der Waals surface area contributed by atoms with E-state index in [-0.39, 0.29) is 23.8 Å². The molecule has 4 heteroatoms. The minimum Gasteiger partial charge on any atom is -0.446 e. The molecule has 0 aromatic heterocycles. The molecular formula is C17H32N2O2. The van der Waals surface area contributed by atoms with Crippen molar-refractivity contribution in [3.63, 3.8) is 0 Å². The maximum atomic E-state index is 12.2. The largest absolute Gasteiger partial charge is 0.446 e. The molecule has 0 heterocycles. The van der Waals surface area contributed by atoms with Gasteiger partial charge >= 0.3 is 6.09 Å². The number of ether oxygens (including phenoxy) is 1. The number of amides is 1. The third-order valence-electron chi connectivity index (χ3n) is 5.52. The summed E-state index contributed by atoms with van der Waals surface area (Å²) in [5.41, 5.74) is 5.94. The van der Waals surface area contributed by atoms with E-state index in [4.69, 9.17) is 10.5 Å². The molecule has 4 nitrogen and oxygen atoms in total. The van der Waals surface area contributed by atoms with Crippen LogP contribution in [0.1, 0.15) is 66.2 Å². The van der Waals surface area contributed by atoms with Gasteiger partial charge in [0.2, 0.25) is 0 Å². The summed E-state index contributed by atoms with van der Waals surface area (Å²) in [6.07, 6.45) is 6.17. The van der Waals surface area contributed by atoms with E-state index in [1.165, 1.54) is 6.42 Å². The fourth-order valence-electron chi connectivity index (χ4n) is 3.99. The molecule has 2 rings (SSSR count). The Morgan fingerprint density at radius 2 is 2.05 bits per heavy atom. The molecule has 0 aromatic carbocycles. The normalized spacial score (nSPS) is 40.3. The number of rotatable bonds is 3. The van der Waals surface area contributed by atoms with E-state index in [0.717, 1.165) is 32.1 Å². The van der Waals surface area contributed by atoms with Crippen LogP contribution in [-0.2, 0) is 4.74 Å². The maximum Gasteiger partial charge on any atom is 0.407 e. The van der Waals surface area contributed by atoms with Crippen LogP contribution in [0.5, 0.6) is 0 Å². The van der Waals surface area contributed by atoms with E-state index in [1.54, 1.807) is 0 Å². The molecule has 0 bridgehead atoms. The zero-order valence-electron chi connectivity index (χ0n) is 14.0. The standard InChI is InChI=1S/C17H32N2O2/c1-11(2)13-8-7-12(3)10-14(13)21-16(20)19-15-6-5-9-17(15,4)18/h11-15H,5-10,18H2,1-4H3,(H,19,20)/t12-,13-,14-,15?,17?/m1/s1. The summed E-state index contributed by atoms with van der Waals surface area (Å²) < 4.78 is 5.79. The Hall–Kier alpha value is -0.770. The van der Waals surface area contributed by atoms with Gasteiger partial charge in [-0.25, -0.2) is 4.79 Å². The van der Waals surface area contributed by atoms with Crippen molar-refractivity contribution >= 4 is 6.09 Å². The number of nitrogens with two attached hydrogens (primary N) is 1. The molecule has 2 aliphatic carbocycles. The molecule has 2 fully saturated rings. The van der Waals surface area contributed by atoms with Gasteiger partial charge < -0.3 is 15.8 Å². The lowest BCUT2D eigenvalue weighted by atomic mass is 9.75. The van der Waals surface area contributed by atoms with Gasteiger partial charge in [-0.05, 0) is 56.8 Å². The maximum absolute atomic E-state index is 12.2. The van der Waals surface area contributed by atoms with Crippen molar-refractivity contribution in [2.45, 2.75) is 83.9 Å². The van der Waals surface area contributed by atoms with Crippen LogP contribution in [0.3, 0.4) is 0 Å². The van der Waals surface area contributed by atoms with Crippen molar-refractivity contribution in [3.05, 3.63) is 0 Å². The Morgan fingerprint density at radius 1 is 1.33 bits per heavy atom. The minimum absolute atomic E-state index is 0.0449. The quantitative estimate of drug-likeness (QED) is 0.838. The van der Waals surface area contributed by atoms with Crippen LogP contribution in [0, 0.1) is 17.8 Å². The zero-order chi connectivity index (χ0) is 15.6. The number of carbonyl (C=O) groups excluding carboxylic acids is 1. The first-order valence-corrected chi connectivity index (χ1v) is 8.55. The fourth-order valence-corrected chi connectivity index (χ4v) is 3.99. The Balaban J connectivity index is 1.91. The molecule has 3 N–H and O–H groups in total. The molecule has 0 radical (unpaired) electrons. The summed E-state index contributed by atoms with van der Waals surface area (Å²) >= 11 is 0. The smallest absolute Gasteiger partial charge is 0.407 e. The Labute approximate surface area is 129 Å². The molecule has 2 unspecified atom stereocenters. The molecule has 2 aliphatic rings. The highest BCUT2D eigenvalue weighted by Crippen LogP contribution is 2.35. The van der Waals surface area contributed by atoms with Crippen LogP contribution in [-0.4, -0.2) is 23.8 Å². The van der Waals surface area contributed by atoms with Crippen molar-refractivity contribution in [2.75, 3.05) is 0 Å². The molecule has 1 amide bonds. The summed E-state index contributed by atoms with van der Waals surface area (Å²) in [6, 6.07) is 0.0449. The Bertz CT molecular complexity index is 368. The Kier molecular flexibility index (Phi) is 5.18. The highest BCUT2D eigenvalue weighted by atomic mass is 16.6. The lowest BCUT2D eigenvalue weighted by Crippen LogP contribution is -2.53. The second-order valence-electron chi connectivity index (χ2n) is 7.86. The van der Waals surface area contributed by atoms with Gasteiger partial charge in [-0.3, -0.25) is 0 Å². The average Bonchev–Trinajstić information content (AvgIpc) is 2.68. The lowest BCUT2D eigenvalue weighted by Gasteiger charge is -2.37. The Morgan fingerprint density at radius 3 is 2.62 bits per heavy atom. The van der Waals surface area contributed by atoms with Gasteiger partial charge in [-0.1, -0.05) is 27.2 Å². The number of carbonyl (C=O) groups is 1. The van der Waals surface area contributed by atoms with Gasteiger partial charge in [0.25, 0.3) is 0 Å². The van der Waals surface area contributed by atoms with E-state index in [2.05, 4.69) is 26.1 Å². The summed E-state index contributed by atoms with van der Waals surface area (Å²) in [4.78, 5) is 12.2. The SMILES string of the molecule is CC(C)[C@H]1CC[C@@H](C)C[C@H]1OC(=O)NC1CCCC1(C)N. The van der Waals surface area contributed by atoms with Crippen LogP contribution in [0.15, 0.2) is 0 Å². The first-order valence-electron chi connectivity index (χ1n) is 8.55. The van der Waals surface area contributed by atoms with Crippen LogP contribution in [0.4, 0.5) is 4.79 Å². The first kappa shape index (κ1) is 16.6. The van der Waals surface area contributed by atoms with E-state index >= 15 is 0 Å². The summed E-state index contributed by atoms with van der Waals surface area (Å²) in [5, 5.41) is 3.00. The predicted molar refractivity (Wildman–Crippen MR) is 85.0 cm³/mol. The van der Waals surface area contributed by atoms with Crippen LogP contribution in [0.25, 0.3) is 0 Å². The zero-order valence-corrected chi connectivity index (χ0v) is 14.0. The molecule has 5 atom stereocenters. The van der Waals surface area contributed by atoms with E-state index < -0.39 is 0 Å². The second-order valence-corrected chi connectivity index (χ2v) is 7.86. The summed E-state index contributed by atoms with van der Waals surface area (Å²) in [5.74, 6) is 1.69. The number of hydrogen-bond acceptors (Lipinski definition) is 3. The van der Waals surface area contributed by atoms with Crippen LogP contribution >= 0.6 is 0 Å². The second kappa shape index (κ2) is 6.55. The molecule has 0 aromatic rings. The third-order valence-corrected chi connectivity index (χ3v) is 5.52.